The molecule has 33 heavy (non-hydrogen) atoms. The molecule has 168 valence electrons. The van der Waals surface area contributed by atoms with E-state index in [1.807, 2.05) is 32.0 Å². The first-order chi connectivity index (χ1) is 15.0. The van der Waals surface area contributed by atoms with Crippen LogP contribution in [0.5, 0.6) is 5.75 Å². The van der Waals surface area contributed by atoms with Crippen LogP contribution in [0.1, 0.15) is 16.7 Å². The molecule has 0 heterocycles. The zero-order valence-electron chi connectivity index (χ0n) is 17.3. The van der Waals surface area contributed by atoms with E-state index < -0.39 is 18.2 Å². The van der Waals surface area contributed by atoms with Crippen LogP contribution in [0.2, 0.25) is 0 Å². The standard InChI is InChI=1S/C24H20F3NO4.Na.H/c1-15-11-16(2)13-17(12-15)14-28(22(29)23(30)31)20-7-3-18(4-8-20)19-5-9-21(10-6-19)32-24(25,26)27;;/h3-13H,14H2,1-2H3,(H,30,31);;. The summed E-state index contributed by atoms with van der Waals surface area (Å²) in [6.45, 7) is 3.91. The number of alkyl halides is 3. The predicted octanol–water partition coefficient (Wildman–Crippen LogP) is 4.84. The van der Waals surface area contributed by atoms with Gasteiger partial charge in [0, 0.05) is 5.69 Å². The van der Waals surface area contributed by atoms with Gasteiger partial charge in [-0.25, -0.2) is 4.79 Å². The van der Waals surface area contributed by atoms with E-state index in [1.165, 1.54) is 29.2 Å². The van der Waals surface area contributed by atoms with Crippen molar-refractivity contribution in [2.24, 2.45) is 0 Å². The van der Waals surface area contributed by atoms with Crippen LogP contribution in [-0.4, -0.2) is 52.9 Å². The van der Waals surface area contributed by atoms with Crippen LogP contribution in [0.4, 0.5) is 18.9 Å². The second-order valence-corrected chi connectivity index (χ2v) is 7.31. The van der Waals surface area contributed by atoms with Crippen molar-refractivity contribution in [3.8, 4) is 16.9 Å². The molecule has 9 heteroatoms. The van der Waals surface area contributed by atoms with Gasteiger partial charge in [0.15, 0.2) is 0 Å². The molecule has 0 aliphatic carbocycles. The predicted molar refractivity (Wildman–Crippen MR) is 120 cm³/mol. The molecule has 0 saturated carbocycles. The Kier molecular flexibility index (Phi) is 8.71. The first-order valence-corrected chi connectivity index (χ1v) is 9.60. The number of hydrogen-bond acceptors (Lipinski definition) is 3. The van der Waals surface area contributed by atoms with E-state index in [-0.39, 0.29) is 41.9 Å². The zero-order chi connectivity index (χ0) is 23.5. The van der Waals surface area contributed by atoms with E-state index in [9.17, 15) is 27.9 Å². The number of benzene rings is 3. The monoisotopic (exact) mass is 467 g/mol. The molecule has 0 aliphatic rings. The number of amides is 1. The van der Waals surface area contributed by atoms with E-state index in [4.69, 9.17) is 0 Å². The number of halogens is 3. The summed E-state index contributed by atoms with van der Waals surface area (Å²) in [5.74, 6) is -2.96. The van der Waals surface area contributed by atoms with Crippen molar-refractivity contribution in [2.45, 2.75) is 26.8 Å². The fourth-order valence-electron chi connectivity index (χ4n) is 3.42. The van der Waals surface area contributed by atoms with Gasteiger partial charge < -0.3 is 9.84 Å². The van der Waals surface area contributed by atoms with Crippen LogP contribution in [0.3, 0.4) is 0 Å². The molecule has 3 rings (SSSR count). The number of aliphatic carboxylic acids is 1. The maximum atomic E-state index is 12.3. The van der Waals surface area contributed by atoms with Gasteiger partial charge in [0.05, 0.1) is 6.54 Å². The minimum absolute atomic E-state index is 0. The molecule has 0 atom stereocenters. The average Bonchev–Trinajstić information content (AvgIpc) is 2.70. The van der Waals surface area contributed by atoms with Gasteiger partial charge in [0.25, 0.3) is 0 Å². The van der Waals surface area contributed by atoms with Crippen LogP contribution < -0.4 is 9.64 Å². The molecule has 0 spiro atoms. The third kappa shape index (κ3) is 7.35. The van der Waals surface area contributed by atoms with Crippen molar-refractivity contribution in [1.82, 2.24) is 0 Å². The fraction of sp³-hybridized carbons (Fsp3) is 0.167. The number of rotatable bonds is 5. The molecule has 1 amide bonds. The summed E-state index contributed by atoms with van der Waals surface area (Å²) in [6, 6.07) is 17.6. The second kappa shape index (κ2) is 10.9. The molecule has 1 N–H and O–H groups in total. The summed E-state index contributed by atoms with van der Waals surface area (Å²) in [6.07, 6.45) is -4.76. The van der Waals surface area contributed by atoms with Gasteiger partial charge >= 0.3 is 47.8 Å². The number of anilines is 1. The van der Waals surface area contributed by atoms with E-state index in [1.54, 1.807) is 24.3 Å². The third-order valence-corrected chi connectivity index (χ3v) is 4.65. The molecule has 3 aromatic carbocycles. The molecule has 3 aromatic rings. The SMILES string of the molecule is Cc1cc(C)cc(CN(C(=O)C(=O)O)c2ccc(-c3ccc(OC(F)(F)F)cc3)cc2)c1.[NaH]. The maximum absolute atomic E-state index is 12.3. The summed E-state index contributed by atoms with van der Waals surface area (Å²) in [5, 5.41) is 9.26. The van der Waals surface area contributed by atoms with Crippen LogP contribution in [0.25, 0.3) is 11.1 Å². The first kappa shape index (κ1) is 26.4. The summed E-state index contributed by atoms with van der Waals surface area (Å²) < 4.78 is 40.8. The van der Waals surface area contributed by atoms with Gasteiger partial charge in [0.1, 0.15) is 5.75 Å². The van der Waals surface area contributed by atoms with Gasteiger partial charge in [0.2, 0.25) is 0 Å². The van der Waals surface area contributed by atoms with Crippen LogP contribution in [0.15, 0.2) is 66.7 Å². The van der Waals surface area contributed by atoms with Gasteiger partial charge in [-0.1, -0.05) is 53.6 Å². The Morgan fingerprint density at radius 2 is 1.36 bits per heavy atom. The number of aryl methyl sites for hydroxylation is 2. The first-order valence-electron chi connectivity index (χ1n) is 9.60. The number of nitrogens with zero attached hydrogens (tertiary/aromatic N) is 1. The van der Waals surface area contributed by atoms with Crippen molar-refractivity contribution in [1.29, 1.82) is 0 Å². The summed E-state index contributed by atoms with van der Waals surface area (Å²) in [7, 11) is 0. The van der Waals surface area contributed by atoms with Crippen molar-refractivity contribution in [3.63, 3.8) is 0 Å². The third-order valence-electron chi connectivity index (χ3n) is 4.65. The van der Waals surface area contributed by atoms with Gasteiger partial charge in [-0.3, -0.25) is 9.69 Å². The number of hydrogen-bond donors (Lipinski definition) is 1. The Bertz CT molecular complexity index is 1110. The van der Waals surface area contributed by atoms with Gasteiger partial charge in [-0.2, -0.15) is 0 Å². The molecule has 5 nitrogen and oxygen atoms in total. The number of ether oxygens (including phenoxy) is 1. The van der Waals surface area contributed by atoms with Crippen molar-refractivity contribution in [3.05, 3.63) is 83.4 Å². The van der Waals surface area contributed by atoms with Crippen LogP contribution in [0, 0.1) is 13.8 Å². The zero-order valence-corrected chi connectivity index (χ0v) is 17.3. The summed E-state index contributed by atoms with van der Waals surface area (Å²) in [4.78, 5) is 24.9. The molecule has 0 unspecified atom stereocenters. The average molecular weight is 467 g/mol. The Morgan fingerprint density at radius 1 is 0.879 bits per heavy atom. The summed E-state index contributed by atoms with van der Waals surface area (Å²) in [5.41, 5.74) is 4.49. The van der Waals surface area contributed by atoms with Crippen molar-refractivity contribution in [2.75, 3.05) is 4.90 Å². The Morgan fingerprint density at radius 3 is 1.82 bits per heavy atom. The van der Waals surface area contributed by atoms with E-state index in [0.29, 0.717) is 16.8 Å². The molecule has 0 aliphatic heterocycles. The fourth-order valence-corrected chi connectivity index (χ4v) is 3.42. The molecule has 0 aromatic heterocycles. The van der Waals surface area contributed by atoms with E-state index in [2.05, 4.69) is 4.74 Å². The minimum atomic E-state index is -4.76. The summed E-state index contributed by atoms with van der Waals surface area (Å²) >= 11 is 0. The topological polar surface area (TPSA) is 66.8 Å². The van der Waals surface area contributed by atoms with Crippen molar-refractivity contribution >= 4 is 47.1 Å². The number of carbonyl (C=O) groups excluding carboxylic acids is 1. The Hall–Kier alpha value is -2.81. The number of carboxylic acid groups (broad SMARTS) is 1. The molecular weight excluding hydrogens is 446 g/mol. The quantitative estimate of drug-likeness (QED) is 0.431. The Balaban J connectivity index is 0.00000385. The molecule has 0 radical (unpaired) electrons. The van der Waals surface area contributed by atoms with Crippen LogP contribution in [-0.2, 0) is 16.1 Å². The van der Waals surface area contributed by atoms with Gasteiger partial charge in [-0.15, -0.1) is 13.2 Å². The van der Waals surface area contributed by atoms with E-state index >= 15 is 0 Å². The molecule has 0 saturated heterocycles. The molecule has 0 bridgehead atoms. The van der Waals surface area contributed by atoms with Crippen LogP contribution >= 0.6 is 0 Å². The normalized spacial score (nSPS) is 10.8. The number of carboxylic acids is 1. The second-order valence-electron chi connectivity index (χ2n) is 7.31. The molecule has 0 fully saturated rings. The number of carbonyl (C=O) groups is 2. The van der Waals surface area contributed by atoms with Crippen molar-refractivity contribution < 1.29 is 32.6 Å². The van der Waals surface area contributed by atoms with E-state index in [0.717, 1.165) is 16.7 Å². The Labute approximate surface area is 211 Å². The molecular formula is C24H21F3NNaO4. The van der Waals surface area contributed by atoms with Gasteiger partial charge in [-0.05, 0) is 54.8 Å².